The zero-order chi connectivity index (χ0) is 8.10. The van der Waals surface area contributed by atoms with Crippen LogP contribution < -0.4 is 5.43 Å². The van der Waals surface area contributed by atoms with E-state index in [2.05, 4.69) is 10.5 Å². The summed E-state index contributed by atoms with van der Waals surface area (Å²) in [6, 6.07) is -0.236. The summed E-state index contributed by atoms with van der Waals surface area (Å²) in [6.07, 6.45) is 3.38. The van der Waals surface area contributed by atoms with Gasteiger partial charge in [0.15, 0.2) is 0 Å². The first-order valence-corrected chi connectivity index (χ1v) is 3.78. The minimum atomic E-state index is -0.236. The molecule has 1 aliphatic rings. The Hall–Kier alpha value is -1.06. The van der Waals surface area contributed by atoms with Crippen molar-refractivity contribution in [2.24, 2.45) is 5.10 Å². The summed E-state index contributed by atoms with van der Waals surface area (Å²) in [5.41, 5.74) is 2.70. The van der Waals surface area contributed by atoms with Gasteiger partial charge in [0.25, 0.3) is 0 Å². The van der Waals surface area contributed by atoms with Crippen LogP contribution in [0.3, 0.4) is 0 Å². The van der Waals surface area contributed by atoms with Crippen molar-refractivity contribution in [3.63, 3.8) is 0 Å². The zero-order valence-electron chi connectivity index (χ0n) is 6.54. The number of carbonyl (C=O) groups is 1. The summed E-state index contributed by atoms with van der Waals surface area (Å²) in [4.78, 5) is 11.0. The van der Waals surface area contributed by atoms with Crippen LogP contribution in [0.15, 0.2) is 5.10 Å². The molecule has 0 spiro atoms. The van der Waals surface area contributed by atoms with Crippen LogP contribution in [0.4, 0.5) is 0 Å². The number of carbonyl (C=O) groups excluding carboxylic acids is 1. The van der Waals surface area contributed by atoms with E-state index in [1.165, 1.54) is 0 Å². The number of rotatable bonds is 2. The maximum absolute atomic E-state index is 11.0. The molecule has 1 rings (SSSR count). The molecule has 0 aromatic heterocycles. The molecule has 4 heteroatoms. The summed E-state index contributed by atoms with van der Waals surface area (Å²) in [5, 5.41) is 3.79. The number of nitrogens with one attached hydrogen (secondary N) is 1. The second kappa shape index (κ2) is 3.95. The number of hydrogen-bond acceptors (Lipinski definition) is 4. The molecule has 1 N–H and O–H groups in total. The second-order valence-corrected chi connectivity index (χ2v) is 2.32. The van der Waals surface area contributed by atoms with Gasteiger partial charge in [-0.15, -0.1) is 0 Å². The van der Waals surface area contributed by atoms with Gasteiger partial charge in [-0.2, -0.15) is 5.10 Å². The molecule has 62 valence electrons. The first kappa shape index (κ1) is 8.04. The number of hydrazone groups is 1. The van der Waals surface area contributed by atoms with Gasteiger partial charge < -0.3 is 4.74 Å². The average Bonchev–Trinajstić information content (AvgIpc) is 2.07. The molecule has 0 saturated heterocycles. The van der Waals surface area contributed by atoms with Gasteiger partial charge in [0.05, 0.1) is 6.61 Å². The lowest BCUT2D eigenvalue weighted by Crippen LogP contribution is -2.37. The molecular weight excluding hydrogens is 144 g/mol. The van der Waals surface area contributed by atoms with Crippen LogP contribution in [-0.4, -0.2) is 24.8 Å². The number of nitrogens with zero attached hydrogens (tertiary/aromatic N) is 1. The summed E-state index contributed by atoms with van der Waals surface area (Å²) in [7, 11) is 0. The third kappa shape index (κ3) is 2.22. The highest BCUT2D eigenvalue weighted by molar-refractivity contribution is 5.77. The number of ether oxygens (including phenoxy) is 1. The van der Waals surface area contributed by atoms with Crippen molar-refractivity contribution in [3.05, 3.63) is 0 Å². The lowest BCUT2D eigenvalue weighted by molar-refractivity contribution is -0.145. The maximum Gasteiger partial charge on any atom is 0.330 e. The molecule has 0 bridgehead atoms. The Bertz CT molecular complexity index is 168. The molecule has 0 aliphatic carbocycles. The Morgan fingerprint density at radius 2 is 2.73 bits per heavy atom. The Morgan fingerprint density at radius 3 is 3.27 bits per heavy atom. The summed E-state index contributed by atoms with van der Waals surface area (Å²) in [5.74, 6) is -0.204. The van der Waals surface area contributed by atoms with Gasteiger partial charge >= 0.3 is 5.97 Å². The maximum atomic E-state index is 11.0. The van der Waals surface area contributed by atoms with Crippen LogP contribution in [0.25, 0.3) is 0 Å². The Morgan fingerprint density at radius 1 is 1.91 bits per heavy atom. The van der Waals surface area contributed by atoms with Crippen LogP contribution in [0, 0.1) is 0 Å². The van der Waals surface area contributed by atoms with Crippen molar-refractivity contribution in [2.45, 2.75) is 25.8 Å². The molecule has 0 saturated carbocycles. The third-order valence-corrected chi connectivity index (χ3v) is 1.48. The summed E-state index contributed by atoms with van der Waals surface area (Å²) >= 11 is 0. The molecule has 0 aromatic rings. The van der Waals surface area contributed by atoms with Crippen molar-refractivity contribution >= 4 is 12.2 Å². The fourth-order valence-electron chi connectivity index (χ4n) is 0.926. The predicted molar refractivity (Wildman–Crippen MR) is 41.3 cm³/mol. The molecule has 0 aromatic carbocycles. The molecular formula is C7H12N2O2. The van der Waals surface area contributed by atoms with Gasteiger partial charge in [0.2, 0.25) is 0 Å². The normalized spacial score (nSPS) is 22.5. The topological polar surface area (TPSA) is 50.7 Å². The van der Waals surface area contributed by atoms with E-state index in [4.69, 9.17) is 4.74 Å². The van der Waals surface area contributed by atoms with Gasteiger partial charge in [-0.1, -0.05) is 0 Å². The van der Waals surface area contributed by atoms with Crippen molar-refractivity contribution in [1.29, 1.82) is 0 Å². The molecule has 11 heavy (non-hydrogen) atoms. The molecule has 1 atom stereocenters. The molecule has 1 heterocycles. The van der Waals surface area contributed by atoms with Crippen LogP contribution in [0.2, 0.25) is 0 Å². The lowest BCUT2D eigenvalue weighted by Gasteiger charge is -2.16. The van der Waals surface area contributed by atoms with E-state index in [-0.39, 0.29) is 12.0 Å². The van der Waals surface area contributed by atoms with E-state index in [1.807, 2.05) is 0 Å². The standard InChI is InChI=1S/C7H12N2O2/c1-2-11-7(10)6-4-3-5-8-9-6/h5-6,9H,2-4H2,1H3/t6-/m0/s1. The Balaban J connectivity index is 2.34. The van der Waals surface area contributed by atoms with E-state index >= 15 is 0 Å². The fraction of sp³-hybridized carbons (Fsp3) is 0.714. The zero-order valence-corrected chi connectivity index (χ0v) is 6.54. The van der Waals surface area contributed by atoms with E-state index in [0.717, 1.165) is 12.8 Å². The van der Waals surface area contributed by atoms with Gasteiger partial charge in [0.1, 0.15) is 6.04 Å². The van der Waals surface area contributed by atoms with Crippen molar-refractivity contribution < 1.29 is 9.53 Å². The number of esters is 1. The molecule has 1 aliphatic heterocycles. The first-order valence-electron chi connectivity index (χ1n) is 3.78. The van der Waals surface area contributed by atoms with Crippen molar-refractivity contribution in [1.82, 2.24) is 5.43 Å². The van der Waals surface area contributed by atoms with E-state index < -0.39 is 0 Å². The fourth-order valence-corrected chi connectivity index (χ4v) is 0.926. The smallest absolute Gasteiger partial charge is 0.330 e. The largest absolute Gasteiger partial charge is 0.464 e. The molecule has 4 nitrogen and oxygen atoms in total. The molecule has 0 amide bonds. The van der Waals surface area contributed by atoms with Crippen molar-refractivity contribution in [3.8, 4) is 0 Å². The molecule has 0 fully saturated rings. The summed E-state index contributed by atoms with van der Waals surface area (Å²) in [6.45, 7) is 2.23. The monoisotopic (exact) mass is 156 g/mol. The Labute approximate surface area is 65.6 Å². The minimum absolute atomic E-state index is 0.204. The van der Waals surface area contributed by atoms with E-state index in [9.17, 15) is 4.79 Å². The van der Waals surface area contributed by atoms with Crippen LogP contribution in [0.5, 0.6) is 0 Å². The van der Waals surface area contributed by atoms with E-state index in [1.54, 1.807) is 13.1 Å². The minimum Gasteiger partial charge on any atom is -0.464 e. The highest BCUT2D eigenvalue weighted by Gasteiger charge is 2.19. The highest BCUT2D eigenvalue weighted by atomic mass is 16.5. The second-order valence-electron chi connectivity index (χ2n) is 2.32. The average molecular weight is 156 g/mol. The highest BCUT2D eigenvalue weighted by Crippen LogP contribution is 2.02. The summed E-state index contributed by atoms with van der Waals surface area (Å²) < 4.78 is 4.81. The van der Waals surface area contributed by atoms with Crippen molar-refractivity contribution in [2.75, 3.05) is 6.61 Å². The van der Waals surface area contributed by atoms with Gasteiger partial charge in [-0.05, 0) is 19.8 Å². The van der Waals surface area contributed by atoms with Gasteiger partial charge in [0, 0.05) is 6.21 Å². The molecule has 0 unspecified atom stereocenters. The number of hydrogen-bond donors (Lipinski definition) is 1. The van der Waals surface area contributed by atoms with E-state index in [0.29, 0.717) is 6.61 Å². The van der Waals surface area contributed by atoms with Gasteiger partial charge in [-0.3, -0.25) is 5.43 Å². The van der Waals surface area contributed by atoms with Crippen LogP contribution in [0.1, 0.15) is 19.8 Å². The van der Waals surface area contributed by atoms with Crippen LogP contribution >= 0.6 is 0 Å². The Kier molecular flexibility index (Phi) is 2.89. The lowest BCUT2D eigenvalue weighted by atomic mass is 10.1. The SMILES string of the molecule is CCOC(=O)[C@@H]1CCC=NN1. The quantitative estimate of drug-likeness (QED) is 0.584. The predicted octanol–water partition coefficient (Wildman–Crippen LogP) is 0.287. The first-order chi connectivity index (χ1) is 5.34. The van der Waals surface area contributed by atoms with Gasteiger partial charge in [-0.25, -0.2) is 4.79 Å². The molecule has 0 radical (unpaired) electrons. The van der Waals surface area contributed by atoms with Crippen LogP contribution in [-0.2, 0) is 9.53 Å². The third-order valence-electron chi connectivity index (χ3n) is 1.48.